The predicted octanol–water partition coefficient (Wildman–Crippen LogP) is 5.28. The molecule has 1 atom stereocenters. The summed E-state index contributed by atoms with van der Waals surface area (Å²) in [6.07, 6.45) is 2.00. The lowest BCUT2D eigenvalue weighted by atomic mass is 9.92. The molecule has 0 amide bonds. The van der Waals surface area contributed by atoms with E-state index in [-0.39, 0.29) is 0 Å². The van der Waals surface area contributed by atoms with Crippen molar-refractivity contribution >= 4 is 21.5 Å². The molecular weight excluding hydrogens is 216 g/mol. The van der Waals surface area contributed by atoms with Gasteiger partial charge in [-0.15, -0.1) is 6.58 Å². The average Bonchev–Trinajstić information content (AvgIpc) is 2.45. The van der Waals surface area contributed by atoms with Crippen molar-refractivity contribution < 1.29 is 0 Å². The molecule has 0 radical (unpaired) electrons. The van der Waals surface area contributed by atoms with E-state index < -0.39 is 0 Å². The van der Waals surface area contributed by atoms with Crippen LogP contribution in [-0.2, 0) is 0 Å². The van der Waals surface area contributed by atoms with E-state index in [1.54, 1.807) is 0 Å². The molecule has 0 aliphatic heterocycles. The quantitative estimate of drug-likeness (QED) is 0.416. The third-order valence-electron chi connectivity index (χ3n) is 3.66. The molecule has 3 rings (SSSR count). The van der Waals surface area contributed by atoms with Gasteiger partial charge < -0.3 is 0 Å². The van der Waals surface area contributed by atoms with Crippen LogP contribution in [0.1, 0.15) is 18.4 Å². The molecule has 3 aromatic carbocycles. The van der Waals surface area contributed by atoms with Gasteiger partial charge in [-0.2, -0.15) is 0 Å². The van der Waals surface area contributed by atoms with Crippen molar-refractivity contribution in [1.82, 2.24) is 0 Å². The second-order valence-electron chi connectivity index (χ2n) is 4.75. The third-order valence-corrected chi connectivity index (χ3v) is 3.66. The molecule has 1 unspecified atom stereocenters. The van der Waals surface area contributed by atoms with E-state index in [9.17, 15) is 0 Å². The van der Waals surface area contributed by atoms with E-state index in [1.165, 1.54) is 27.1 Å². The Hall–Kier alpha value is -2.08. The highest BCUT2D eigenvalue weighted by atomic mass is 14.1. The van der Waals surface area contributed by atoms with Crippen molar-refractivity contribution in [2.24, 2.45) is 0 Å². The van der Waals surface area contributed by atoms with Crippen LogP contribution >= 0.6 is 0 Å². The van der Waals surface area contributed by atoms with Gasteiger partial charge in [0, 0.05) is 0 Å². The van der Waals surface area contributed by atoms with Crippen molar-refractivity contribution in [2.75, 3.05) is 0 Å². The second kappa shape index (κ2) is 4.30. The second-order valence-corrected chi connectivity index (χ2v) is 4.75. The van der Waals surface area contributed by atoms with Crippen LogP contribution < -0.4 is 0 Å². The van der Waals surface area contributed by atoms with Crippen LogP contribution in [0, 0.1) is 0 Å². The van der Waals surface area contributed by atoms with Crippen LogP contribution in [0.15, 0.2) is 67.3 Å². The van der Waals surface area contributed by atoms with Gasteiger partial charge in [-0.05, 0) is 33.0 Å². The first kappa shape index (κ1) is 11.0. The molecule has 0 nitrogen and oxygen atoms in total. The molecule has 0 aromatic heterocycles. The zero-order valence-electron chi connectivity index (χ0n) is 10.6. The minimum atomic E-state index is 0.384. The Kier molecular flexibility index (Phi) is 2.64. The van der Waals surface area contributed by atoms with Crippen LogP contribution in [0.2, 0.25) is 0 Å². The molecule has 0 spiro atoms. The largest absolute Gasteiger partial charge is 0.102 e. The first-order valence-corrected chi connectivity index (χ1v) is 6.34. The summed E-state index contributed by atoms with van der Waals surface area (Å²) in [6.45, 7) is 6.10. The van der Waals surface area contributed by atoms with Gasteiger partial charge in [0.1, 0.15) is 0 Å². The van der Waals surface area contributed by atoms with E-state index in [4.69, 9.17) is 0 Å². The number of hydrogen-bond acceptors (Lipinski definition) is 0. The zero-order chi connectivity index (χ0) is 12.5. The summed E-state index contributed by atoms with van der Waals surface area (Å²) in [6, 6.07) is 19.5. The molecule has 0 heterocycles. The number of benzene rings is 3. The lowest BCUT2D eigenvalue weighted by Gasteiger charge is -2.12. The first-order valence-electron chi connectivity index (χ1n) is 6.34. The van der Waals surface area contributed by atoms with Gasteiger partial charge in [0.25, 0.3) is 0 Å². The number of rotatable bonds is 2. The van der Waals surface area contributed by atoms with Gasteiger partial charge in [0.15, 0.2) is 0 Å². The highest BCUT2D eigenvalue weighted by Gasteiger charge is 2.07. The minimum absolute atomic E-state index is 0.384. The standard InChI is InChI=1S/C18H16/c1-3-13(2)15-9-6-10-17-16-8-5-4-7-14(16)11-12-18(15)17/h3-13H,1H2,2H3. The predicted molar refractivity (Wildman–Crippen MR) is 80.1 cm³/mol. The number of allylic oxidation sites excluding steroid dienone is 1. The Morgan fingerprint density at radius 2 is 1.61 bits per heavy atom. The highest BCUT2D eigenvalue weighted by Crippen LogP contribution is 2.31. The van der Waals surface area contributed by atoms with Crippen LogP contribution in [0.5, 0.6) is 0 Å². The lowest BCUT2D eigenvalue weighted by molar-refractivity contribution is 0.984. The Bertz CT molecular complexity index is 722. The topological polar surface area (TPSA) is 0 Å². The summed E-state index contributed by atoms with van der Waals surface area (Å²) in [7, 11) is 0. The summed E-state index contributed by atoms with van der Waals surface area (Å²) < 4.78 is 0. The molecule has 0 bridgehead atoms. The molecule has 0 aliphatic carbocycles. The van der Waals surface area contributed by atoms with Gasteiger partial charge in [-0.3, -0.25) is 0 Å². The van der Waals surface area contributed by atoms with Crippen molar-refractivity contribution in [2.45, 2.75) is 12.8 Å². The van der Waals surface area contributed by atoms with E-state index in [2.05, 4.69) is 68.1 Å². The minimum Gasteiger partial charge on any atom is -0.102 e. The van der Waals surface area contributed by atoms with E-state index in [0.29, 0.717) is 5.92 Å². The number of fused-ring (bicyclic) bond motifs is 3. The third kappa shape index (κ3) is 1.62. The summed E-state index contributed by atoms with van der Waals surface area (Å²) in [5.41, 5.74) is 1.35. The molecule has 0 saturated carbocycles. The van der Waals surface area contributed by atoms with Gasteiger partial charge >= 0.3 is 0 Å². The average molecular weight is 232 g/mol. The Morgan fingerprint density at radius 3 is 2.44 bits per heavy atom. The Labute approximate surface area is 108 Å². The van der Waals surface area contributed by atoms with E-state index in [1.807, 2.05) is 6.08 Å². The highest BCUT2D eigenvalue weighted by molar-refractivity contribution is 6.08. The molecule has 0 fully saturated rings. The smallest absolute Gasteiger partial charge is 0.000696 e. The maximum atomic E-state index is 3.91. The van der Waals surface area contributed by atoms with Crippen molar-refractivity contribution in [1.29, 1.82) is 0 Å². The summed E-state index contributed by atoms with van der Waals surface area (Å²) in [5.74, 6) is 0.384. The molecule has 0 aliphatic rings. The molecule has 3 aromatic rings. The van der Waals surface area contributed by atoms with Crippen LogP contribution in [0.3, 0.4) is 0 Å². The maximum Gasteiger partial charge on any atom is -0.000696 e. The summed E-state index contributed by atoms with van der Waals surface area (Å²) in [4.78, 5) is 0. The molecule has 0 N–H and O–H groups in total. The van der Waals surface area contributed by atoms with Crippen LogP contribution in [-0.4, -0.2) is 0 Å². The fourth-order valence-corrected chi connectivity index (χ4v) is 2.59. The zero-order valence-corrected chi connectivity index (χ0v) is 10.6. The normalized spacial score (nSPS) is 12.7. The van der Waals surface area contributed by atoms with Crippen LogP contribution in [0.4, 0.5) is 0 Å². The monoisotopic (exact) mass is 232 g/mol. The number of hydrogen-bond donors (Lipinski definition) is 0. The Balaban J connectivity index is 2.43. The SMILES string of the molecule is C=CC(C)c1cccc2c1ccc1ccccc12. The maximum absolute atomic E-state index is 3.91. The Morgan fingerprint density at radius 1 is 0.833 bits per heavy atom. The van der Waals surface area contributed by atoms with Gasteiger partial charge in [-0.25, -0.2) is 0 Å². The van der Waals surface area contributed by atoms with Crippen molar-refractivity contribution in [3.63, 3.8) is 0 Å². The molecule has 0 heteroatoms. The molecule has 18 heavy (non-hydrogen) atoms. The molecular formula is C18H16. The summed E-state index contributed by atoms with van der Waals surface area (Å²) >= 11 is 0. The van der Waals surface area contributed by atoms with E-state index >= 15 is 0 Å². The molecule has 88 valence electrons. The summed E-state index contributed by atoms with van der Waals surface area (Å²) in [5, 5.41) is 5.30. The van der Waals surface area contributed by atoms with Crippen molar-refractivity contribution in [3.05, 3.63) is 72.8 Å². The van der Waals surface area contributed by atoms with Gasteiger partial charge in [-0.1, -0.05) is 67.6 Å². The van der Waals surface area contributed by atoms with Crippen molar-refractivity contribution in [3.8, 4) is 0 Å². The van der Waals surface area contributed by atoms with Crippen LogP contribution in [0.25, 0.3) is 21.5 Å². The fourth-order valence-electron chi connectivity index (χ4n) is 2.59. The first-order chi connectivity index (χ1) is 8.81. The van der Waals surface area contributed by atoms with E-state index in [0.717, 1.165) is 0 Å². The van der Waals surface area contributed by atoms with Gasteiger partial charge in [0.2, 0.25) is 0 Å². The lowest BCUT2D eigenvalue weighted by Crippen LogP contribution is -1.90. The van der Waals surface area contributed by atoms with Gasteiger partial charge in [0.05, 0.1) is 0 Å². The molecule has 0 saturated heterocycles. The fraction of sp³-hybridized carbons (Fsp3) is 0.111.